The SMILES string of the molecule is Cc1oc(/C=C/CC(C)C)nc1COc1cc2c(cc1C(=O)NS(C)(=O)=O)CCN(C(=O)/C=C/c1ccco1)C2. The summed E-state index contributed by atoms with van der Waals surface area (Å²) in [4.78, 5) is 31.8. The van der Waals surface area contributed by atoms with Gasteiger partial charge in [-0.1, -0.05) is 19.9 Å². The largest absolute Gasteiger partial charge is 0.486 e. The van der Waals surface area contributed by atoms with E-state index in [1.807, 2.05) is 16.9 Å². The van der Waals surface area contributed by atoms with Crippen molar-refractivity contribution in [1.29, 1.82) is 0 Å². The van der Waals surface area contributed by atoms with Gasteiger partial charge in [-0.3, -0.25) is 9.59 Å². The van der Waals surface area contributed by atoms with Crippen LogP contribution in [-0.2, 0) is 34.4 Å². The van der Waals surface area contributed by atoms with Gasteiger partial charge in [0.15, 0.2) is 0 Å². The molecule has 1 N–H and O–H groups in total. The van der Waals surface area contributed by atoms with Crippen LogP contribution in [0, 0.1) is 12.8 Å². The third-order valence-electron chi connectivity index (χ3n) is 6.22. The Kier molecular flexibility index (Phi) is 8.93. The summed E-state index contributed by atoms with van der Waals surface area (Å²) in [6.45, 7) is 6.75. The lowest BCUT2D eigenvalue weighted by Crippen LogP contribution is -2.35. The van der Waals surface area contributed by atoms with Crippen LogP contribution in [0.5, 0.6) is 5.75 Å². The van der Waals surface area contributed by atoms with Crippen LogP contribution < -0.4 is 9.46 Å². The van der Waals surface area contributed by atoms with Gasteiger partial charge in [-0.15, -0.1) is 0 Å². The molecule has 1 aliphatic rings. The van der Waals surface area contributed by atoms with Gasteiger partial charge in [0, 0.05) is 19.2 Å². The Hall–Kier alpha value is -4.12. The molecule has 1 aromatic carbocycles. The fourth-order valence-electron chi connectivity index (χ4n) is 4.18. The summed E-state index contributed by atoms with van der Waals surface area (Å²) < 4.78 is 42.5. The van der Waals surface area contributed by atoms with E-state index in [-0.39, 0.29) is 23.8 Å². The van der Waals surface area contributed by atoms with Gasteiger partial charge < -0.3 is 18.5 Å². The first-order chi connectivity index (χ1) is 19.0. The highest BCUT2D eigenvalue weighted by molar-refractivity contribution is 7.89. The van der Waals surface area contributed by atoms with E-state index in [1.54, 1.807) is 42.2 Å². The summed E-state index contributed by atoms with van der Waals surface area (Å²) >= 11 is 0. The molecule has 3 heterocycles. The highest BCUT2D eigenvalue weighted by Crippen LogP contribution is 2.30. The predicted octanol–water partition coefficient (Wildman–Crippen LogP) is 4.50. The van der Waals surface area contributed by atoms with E-state index in [4.69, 9.17) is 13.6 Å². The summed E-state index contributed by atoms with van der Waals surface area (Å²) in [6, 6.07) is 6.80. The molecule has 3 aromatic rings. The van der Waals surface area contributed by atoms with Crippen LogP contribution in [0.1, 0.15) is 64.9 Å². The molecule has 0 spiro atoms. The minimum atomic E-state index is -3.80. The Morgan fingerprint density at radius 1 is 1.23 bits per heavy atom. The predicted molar refractivity (Wildman–Crippen MR) is 150 cm³/mol. The zero-order chi connectivity index (χ0) is 28.9. The fourth-order valence-corrected chi connectivity index (χ4v) is 4.63. The highest BCUT2D eigenvalue weighted by Gasteiger charge is 2.25. The summed E-state index contributed by atoms with van der Waals surface area (Å²) in [6.07, 6.45) is 10.7. The zero-order valence-corrected chi connectivity index (χ0v) is 23.8. The molecule has 0 bridgehead atoms. The van der Waals surface area contributed by atoms with Crippen molar-refractivity contribution in [2.24, 2.45) is 5.92 Å². The molecule has 0 radical (unpaired) electrons. The van der Waals surface area contributed by atoms with Gasteiger partial charge in [-0.2, -0.15) is 0 Å². The molecule has 0 fully saturated rings. The number of benzene rings is 1. The molecule has 0 unspecified atom stereocenters. The van der Waals surface area contributed by atoms with E-state index in [0.717, 1.165) is 23.8 Å². The molecule has 10 nitrogen and oxygen atoms in total. The number of ether oxygens (including phenoxy) is 1. The first kappa shape index (κ1) is 28.9. The molecule has 11 heteroatoms. The highest BCUT2D eigenvalue weighted by atomic mass is 32.2. The van der Waals surface area contributed by atoms with Gasteiger partial charge in [-0.05, 0) is 73.2 Å². The number of rotatable bonds is 10. The van der Waals surface area contributed by atoms with E-state index in [9.17, 15) is 18.0 Å². The summed E-state index contributed by atoms with van der Waals surface area (Å²) in [5.74, 6) is 1.31. The summed E-state index contributed by atoms with van der Waals surface area (Å²) in [7, 11) is -3.80. The molecule has 0 saturated carbocycles. The van der Waals surface area contributed by atoms with Gasteiger partial charge in [0.05, 0.1) is 18.1 Å². The maximum atomic E-state index is 12.9. The third kappa shape index (κ3) is 7.72. The van der Waals surface area contributed by atoms with Crippen LogP contribution in [0.2, 0.25) is 0 Å². The van der Waals surface area contributed by atoms with Crippen molar-refractivity contribution in [1.82, 2.24) is 14.6 Å². The van der Waals surface area contributed by atoms with E-state index >= 15 is 0 Å². The Bertz CT molecular complexity index is 1530. The summed E-state index contributed by atoms with van der Waals surface area (Å²) in [5.41, 5.74) is 2.27. The van der Waals surface area contributed by atoms with Crippen LogP contribution in [0.15, 0.2) is 51.5 Å². The Morgan fingerprint density at radius 2 is 2.02 bits per heavy atom. The number of furan rings is 1. The first-order valence-electron chi connectivity index (χ1n) is 12.9. The average Bonchev–Trinajstić information content (AvgIpc) is 3.53. The van der Waals surface area contributed by atoms with Crippen molar-refractivity contribution in [3.05, 3.63) is 82.5 Å². The lowest BCUT2D eigenvalue weighted by molar-refractivity contribution is -0.126. The third-order valence-corrected chi connectivity index (χ3v) is 6.78. The number of aryl methyl sites for hydroxylation is 1. The molecule has 40 heavy (non-hydrogen) atoms. The van der Waals surface area contributed by atoms with Crippen molar-refractivity contribution in [3.8, 4) is 5.75 Å². The van der Waals surface area contributed by atoms with E-state index < -0.39 is 15.9 Å². The molecule has 0 aliphatic carbocycles. The number of carbonyl (C=O) groups excluding carboxylic acids is 2. The van der Waals surface area contributed by atoms with E-state index in [0.29, 0.717) is 48.5 Å². The molecule has 4 rings (SSSR count). The average molecular weight is 568 g/mol. The van der Waals surface area contributed by atoms with E-state index in [2.05, 4.69) is 18.8 Å². The maximum Gasteiger partial charge on any atom is 0.268 e. The number of sulfonamides is 1. The molecular formula is C29H33N3O7S. The fraction of sp³-hybridized carbons (Fsp3) is 0.345. The van der Waals surface area contributed by atoms with Crippen molar-refractivity contribution in [3.63, 3.8) is 0 Å². The van der Waals surface area contributed by atoms with Crippen LogP contribution in [0.3, 0.4) is 0 Å². The number of aromatic nitrogens is 1. The Morgan fingerprint density at radius 3 is 2.73 bits per heavy atom. The number of nitrogens with zero attached hydrogens (tertiary/aromatic N) is 2. The van der Waals surface area contributed by atoms with Gasteiger partial charge in [0.25, 0.3) is 5.91 Å². The first-order valence-corrected chi connectivity index (χ1v) is 14.8. The zero-order valence-electron chi connectivity index (χ0n) is 23.0. The quantitative estimate of drug-likeness (QED) is 0.354. The minimum absolute atomic E-state index is 0.000173. The molecule has 0 saturated heterocycles. The smallest absolute Gasteiger partial charge is 0.268 e. The van der Waals surface area contributed by atoms with Gasteiger partial charge >= 0.3 is 0 Å². The number of carbonyl (C=O) groups is 2. The standard InChI is InChI=1S/C29H33N3O7S/c1-19(2)7-5-9-27-30-25(20(3)39-27)18-38-26-16-22-17-32(28(33)11-10-23-8-6-14-37-23)13-12-21(22)15-24(26)29(34)31-40(4,35)36/h5-6,8-11,14-16,19H,7,12-13,17-18H2,1-4H3,(H,31,34)/b9-5+,11-10+. The van der Waals surface area contributed by atoms with Crippen LogP contribution in [0.25, 0.3) is 12.2 Å². The number of amides is 2. The second kappa shape index (κ2) is 12.4. The molecule has 0 atom stereocenters. The molecule has 1 aliphatic heterocycles. The topological polar surface area (TPSA) is 132 Å². The Labute approximate surface area is 233 Å². The van der Waals surface area contributed by atoms with Crippen LogP contribution in [-0.4, -0.2) is 42.9 Å². The van der Waals surface area contributed by atoms with Gasteiger partial charge in [-0.25, -0.2) is 18.1 Å². The van der Waals surface area contributed by atoms with Gasteiger partial charge in [0.1, 0.15) is 29.6 Å². The van der Waals surface area contributed by atoms with Crippen LogP contribution in [0.4, 0.5) is 0 Å². The number of fused-ring (bicyclic) bond motifs is 1. The van der Waals surface area contributed by atoms with Crippen molar-refractivity contribution < 1.29 is 31.6 Å². The molecule has 2 aromatic heterocycles. The second-order valence-corrected chi connectivity index (χ2v) is 11.8. The number of oxazole rings is 1. The van der Waals surface area contributed by atoms with Crippen molar-refractivity contribution in [2.45, 2.75) is 46.8 Å². The molecule has 212 valence electrons. The van der Waals surface area contributed by atoms with E-state index in [1.165, 1.54) is 12.3 Å². The minimum Gasteiger partial charge on any atom is -0.486 e. The number of nitrogens with one attached hydrogen (secondary N) is 1. The van der Waals surface area contributed by atoms with Gasteiger partial charge in [0.2, 0.25) is 21.8 Å². The number of hydrogen-bond donors (Lipinski definition) is 1. The lowest BCUT2D eigenvalue weighted by Gasteiger charge is -2.29. The van der Waals surface area contributed by atoms with Crippen molar-refractivity contribution >= 4 is 34.0 Å². The molecule has 2 amide bonds. The number of allylic oxidation sites excluding steroid dienone is 1. The maximum absolute atomic E-state index is 12.9. The summed E-state index contributed by atoms with van der Waals surface area (Å²) in [5, 5.41) is 0. The lowest BCUT2D eigenvalue weighted by atomic mass is 9.96. The molecular weight excluding hydrogens is 534 g/mol. The van der Waals surface area contributed by atoms with Crippen molar-refractivity contribution in [2.75, 3.05) is 12.8 Å². The second-order valence-electron chi connectivity index (χ2n) is 10.1. The van der Waals surface area contributed by atoms with Crippen LogP contribution >= 0.6 is 0 Å². The monoisotopic (exact) mass is 567 g/mol. The Balaban J connectivity index is 1.56. The number of hydrogen-bond acceptors (Lipinski definition) is 8. The normalized spacial score (nSPS) is 13.8.